The van der Waals surface area contributed by atoms with Gasteiger partial charge < -0.3 is 25.0 Å². The van der Waals surface area contributed by atoms with E-state index in [1.165, 1.54) is 28.4 Å². The van der Waals surface area contributed by atoms with Crippen LogP contribution in [0.3, 0.4) is 0 Å². The van der Waals surface area contributed by atoms with E-state index in [0.29, 0.717) is 31.3 Å². The van der Waals surface area contributed by atoms with Gasteiger partial charge in [0.2, 0.25) is 21.8 Å². The van der Waals surface area contributed by atoms with E-state index in [2.05, 4.69) is 10.6 Å². The molecule has 1 aliphatic rings. The SMILES string of the molecule is CCOc1ccc(S(=O)(=O)N2CCOCC2)cc1NCC(=O)N(C)CC(=O)NC(C)(C)C. The van der Waals surface area contributed by atoms with E-state index in [1.807, 2.05) is 27.7 Å². The molecule has 11 heteroatoms. The molecule has 0 bridgehead atoms. The quantitative estimate of drug-likeness (QED) is 0.550. The lowest BCUT2D eigenvalue weighted by molar-refractivity contribution is -0.133. The van der Waals surface area contributed by atoms with Gasteiger partial charge in [-0.1, -0.05) is 0 Å². The van der Waals surface area contributed by atoms with Gasteiger partial charge in [-0.05, 0) is 45.9 Å². The summed E-state index contributed by atoms with van der Waals surface area (Å²) in [7, 11) is -2.16. The van der Waals surface area contributed by atoms with E-state index in [1.54, 1.807) is 6.07 Å². The Bertz CT molecular complexity index is 907. The molecule has 0 saturated carbocycles. The number of morpholine rings is 1. The zero-order valence-corrected chi connectivity index (χ0v) is 20.3. The van der Waals surface area contributed by atoms with Crippen molar-refractivity contribution < 1.29 is 27.5 Å². The molecule has 1 aliphatic heterocycles. The number of ether oxygens (including phenoxy) is 2. The third kappa shape index (κ3) is 7.35. The van der Waals surface area contributed by atoms with Gasteiger partial charge in [0.15, 0.2) is 0 Å². The number of nitrogens with zero attached hydrogens (tertiary/aromatic N) is 2. The molecule has 32 heavy (non-hydrogen) atoms. The molecule has 180 valence electrons. The summed E-state index contributed by atoms with van der Waals surface area (Å²) in [5, 5.41) is 5.77. The van der Waals surface area contributed by atoms with E-state index < -0.39 is 15.6 Å². The van der Waals surface area contributed by atoms with Crippen molar-refractivity contribution in [3.8, 4) is 5.75 Å². The van der Waals surface area contributed by atoms with Gasteiger partial charge in [0.25, 0.3) is 0 Å². The Kier molecular flexibility index (Phi) is 8.88. The Morgan fingerprint density at radius 3 is 2.47 bits per heavy atom. The largest absolute Gasteiger partial charge is 0.492 e. The number of sulfonamides is 1. The molecule has 1 fully saturated rings. The summed E-state index contributed by atoms with van der Waals surface area (Å²) in [5.74, 6) is -0.144. The number of amides is 2. The fourth-order valence-electron chi connectivity index (χ4n) is 3.09. The van der Waals surface area contributed by atoms with Crippen LogP contribution in [-0.4, -0.2) is 88.0 Å². The van der Waals surface area contributed by atoms with Crippen LogP contribution in [0.2, 0.25) is 0 Å². The van der Waals surface area contributed by atoms with Crippen LogP contribution >= 0.6 is 0 Å². The lowest BCUT2D eigenvalue weighted by Crippen LogP contribution is -2.47. The number of likely N-dealkylation sites (N-methyl/N-ethyl adjacent to an activating group) is 1. The van der Waals surface area contributed by atoms with Gasteiger partial charge in [-0.15, -0.1) is 0 Å². The molecular weight excluding hydrogens is 436 g/mol. The maximum Gasteiger partial charge on any atom is 0.243 e. The number of carbonyl (C=O) groups is 2. The van der Waals surface area contributed by atoms with E-state index in [-0.39, 0.29) is 42.9 Å². The van der Waals surface area contributed by atoms with Gasteiger partial charge in [-0.2, -0.15) is 4.31 Å². The molecule has 2 N–H and O–H groups in total. The minimum Gasteiger partial charge on any atom is -0.492 e. The molecule has 0 radical (unpaired) electrons. The summed E-state index contributed by atoms with van der Waals surface area (Å²) in [6, 6.07) is 4.53. The molecule has 0 atom stereocenters. The van der Waals surface area contributed by atoms with E-state index >= 15 is 0 Å². The number of carbonyl (C=O) groups excluding carboxylic acids is 2. The minimum absolute atomic E-state index is 0.0818. The van der Waals surface area contributed by atoms with Crippen LogP contribution in [0.1, 0.15) is 27.7 Å². The summed E-state index contributed by atoms with van der Waals surface area (Å²) in [6.07, 6.45) is 0. The van der Waals surface area contributed by atoms with E-state index in [0.717, 1.165) is 0 Å². The van der Waals surface area contributed by atoms with Gasteiger partial charge >= 0.3 is 0 Å². The van der Waals surface area contributed by atoms with Crippen molar-refractivity contribution in [3.05, 3.63) is 18.2 Å². The van der Waals surface area contributed by atoms with Crippen LogP contribution in [0, 0.1) is 0 Å². The standard InChI is InChI=1S/C21H34N4O6S/c1-6-31-18-8-7-16(32(28,29)25-9-11-30-12-10-25)13-17(18)22-14-20(27)24(5)15-19(26)23-21(2,3)4/h7-8,13,22H,6,9-12,14-15H2,1-5H3,(H,23,26). The molecule has 1 saturated heterocycles. The van der Waals surface area contributed by atoms with Gasteiger partial charge in [-0.25, -0.2) is 8.42 Å². The number of nitrogens with one attached hydrogen (secondary N) is 2. The molecule has 2 rings (SSSR count). The first-order valence-electron chi connectivity index (χ1n) is 10.6. The van der Waals surface area contributed by atoms with E-state index in [4.69, 9.17) is 9.47 Å². The minimum atomic E-state index is -3.69. The molecule has 1 heterocycles. The topological polar surface area (TPSA) is 117 Å². The average molecular weight is 471 g/mol. The summed E-state index contributed by atoms with van der Waals surface area (Å²) >= 11 is 0. The molecule has 2 amide bonds. The molecule has 0 spiro atoms. The number of hydrogen-bond donors (Lipinski definition) is 2. The zero-order valence-electron chi connectivity index (χ0n) is 19.4. The molecule has 0 aromatic heterocycles. The highest BCUT2D eigenvalue weighted by Gasteiger charge is 2.27. The van der Waals surface area contributed by atoms with Crippen LogP contribution in [0.15, 0.2) is 23.1 Å². The van der Waals surface area contributed by atoms with Crippen molar-refractivity contribution in [2.45, 2.75) is 38.1 Å². The van der Waals surface area contributed by atoms with Crippen LogP contribution in [0.4, 0.5) is 5.69 Å². The number of rotatable bonds is 9. The van der Waals surface area contributed by atoms with Gasteiger partial charge in [-0.3, -0.25) is 9.59 Å². The predicted molar refractivity (Wildman–Crippen MR) is 121 cm³/mol. The first-order valence-corrected chi connectivity index (χ1v) is 12.0. The highest BCUT2D eigenvalue weighted by molar-refractivity contribution is 7.89. The third-order valence-electron chi connectivity index (χ3n) is 4.61. The number of hydrogen-bond acceptors (Lipinski definition) is 7. The van der Waals surface area contributed by atoms with Gasteiger partial charge in [0, 0.05) is 25.7 Å². The van der Waals surface area contributed by atoms with Crippen molar-refractivity contribution in [2.75, 3.05) is 58.4 Å². The fraction of sp³-hybridized carbons (Fsp3) is 0.619. The monoisotopic (exact) mass is 470 g/mol. The Morgan fingerprint density at radius 1 is 1.22 bits per heavy atom. The lowest BCUT2D eigenvalue weighted by Gasteiger charge is -2.26. The third-order valence-corrected chi connectivity index (χ3v) is 6.50. The molecule has 10 nitrogen and oxygen atoms in total. The Labute approximate surface area is 190 Å². The van der Waals surface area contributed by atoms with Crippen molar-refractivity contribution >= 4 is 27.5 Å². The van der Waals surface area contributed by atoms with E-state index in [9.17, 15) is 18.0 Å². The van der Waals surface area contributed by atoms with Gasteiger partial charge in [0.1, 0.15) is 5.75 Å². The first-order chi connectivity index (χ1) is 14.9. The molecular formula is C21H34N4O6S. The predicted octanol–water partition coefficient (Wildman–Crippen LogP) is 0.891. The summed E-state index contributed by atoms with van der Waals surface area (Å²) in [4.78, 5) is 26.0. The van der Waals surface area contributed by atoms with Crippen molar-refractivity contribution in [2.24, 2.45) is 0 Å². The fourth-order valence-corrected chi connectivity index (χ4v) is 4.53. The molecule has 1 aromatic rings. The average Bonchev–Trinajstić information content (AvgIpc) is 2.72. The Balaban J connectivity index is 2.11. The maximum atomic E-state index is 13.0. The second-order valence-corrected chi connectivity index (χ2v) is 10.4. The number of anilines is 1. The van der Waals surface area contributed by atoms with Crippen molar-refractivity contribution in [3.63, 3.8) is 0 Å². The zero-order chi connectivity index (χ0) is 23.9. The van der Waals surface area contributed by atoms with Crippen molar-refractivity contribution in [1.29, 1.82) is 0 Å². The highest BCUT2D eigenvalue weighted by atomic mass is 32.2. The summed E-state index contributed by atoms with van der Waals surface area (Å²) in [5.41, 5.74) is -0.0000341. The Hall–Kier alpha value is -2.37. The second kappa shape index (κ2) is 11.0. The highest BCUT2D eigenvalue weighted by Crippen LogP contribution is 2.29. The van der Waals surface area contributed by atoms with Crippen LogP contribution in [-0.2, 0) is 24.3 Å². The normalized spacial score (nSPS) is 15.2. The van der Waals surface area contributed by atoms with Crippen molar-refractivity contribution in [1.82, 2.24) is 14.5 Å². The summed E-state index contributed by atoms with van der Waals surface area (Å²) in [6.45, 7) is 8.86. The smallest absolute Gasteiger partial charge is 0.243 e. The van der Waals surface area contributed by atoms with Crippen LogP contribution in [0.5, 0.6) is 5.75 Å². The van der Waals surface area contributed by atoms with Crippen LogP contribution in [0.25, 0.3) is 0 Å². The number of benzene rings is 1. The lowest BCUT2D eigenvalue weighted by atomic mass is 10.1. The molecule has 1 aromatic carbocycles. The van der Waals surface area contributed by atoms with Gasteiger partial charge in [0.05, 0.1) is 43.5 Å². The summed E-state index contributed by atoms with van der Waals surface area (Å²) < 4.78 is 38.1. The maximum absolute atomic E-state index is 13.0. The molecule has 0 unspecified atom stereocenters. The molecule has 0 aliphatic carbocycles. The van der Waals surface area contributed by atoms with Crippen LogP contribution < -0.4 is 15.4 Å². The second-order valence-electron chi connectivity index (χ2n) is 8.51. The first kappa shape index (κ1) is 25.9. The Morgan fingerprint density at radius 2 is 1.88 bits per heavy atom.